The van der Waals surface area contributed by atoms with Crippen LogP contribution in [0.3, 0.4) is 0 Å². The zero-order chi connectivity index (χ0) is 15.4. The molecule has 21 heavy (non-hydrogen) atoms. The highest BCUT2D eigenvalue weighted by molar-refractivity contribution is 7.99. The summed E-state index contributed by atoms with van der Waals surface area (Å²) in [7, 11) is 0. The van der Waals surface area contributed by atoms with E-state index in [1.54, 1.807) is 6.92 Å². The molecular formula is C11H11N5O4S. The molecule has 2 aromatic rings. The minimum absolute atomic E-state index is 0.0825. The van der Waals surface area contributed by atoms with Gasteiger partial charge in [-0.15, -0.1) is 10.2 Å². The second kappa shape index (κ2) is 6.22. The van der Waals surface area contributed by atoms with Crippen molar-refractivity contribution in [1.82, 2.24) is 14.9 Å². The first-order valence-corrected chi connectivity index (χ1v) is 6.63. The number of nitrogen functional groups attached to an aromatic ring is 1. The number of esters is 1. The molecule has 2 rings (SSSR count). The lowest BCUT2D eigenvalue weighted by atomic mass is 10.2. The Hall–Kier alpha value is -2.62. The second-order valence-corrected chi connectivity index (χ2v) is 4.79. The van der Waals surface area contributed by atoms with E-state index < -0.39 is 10.9 Å². The average Bonchev–Trinajstić information content (AvgIpc) is 2.84. The van der Waals surface area contributed by atoms with Crippen molar-refractivity contribution >= 4 is 23.4 Å². The van der Waals surface area contributed by atoms with Crippen LogP contribution >= 0.6 is 11.8 Å². The largest absolute Gasteiger partial charge is 0.462 e. The van der Waals surface area contributed by atoms with Crippen LogP contribution < -0.4 is 5.84 Å². The molecule has 0 unspecified atom stereocenters. The van der Waals surface area contributed by atoms with Crippen LogP contribution in [-0.2, 0) is 4.74 Å². The Morgan fingerprint density at radius 1 is 1.57 bits per heavy atom. The fraction of sp³-hybridized carbons (Fsp3) is 0.182. The van der Waals surface area contributed by atoms with Gasteiger partial charge in [0, 0.05) is 17.0 Å². The van der Waals surface area contributed by atoms with Crippen molar-refractivity contribution in [3.05, 3.63) is 40.2 Å². The molecule has 0 saturated carbocycles. The number of benzene rings is 1. The van der Waals surface area contributed by atoms with Crippen molar-refractivity contribution in [1.29, 1.82) is 0 Å². The van der Waals surface area contributed by atoms with E-state index in [0.29, 0.717) is 10.1 Å². The summed E-state index contributed by atoms with van der Waals surface area (Å²) in [6.07, 6.45) is 1.30. The molecule has 0 saturated heterocycles. The summed E-state index contributed by atoms with van der Waals surface area (Å²) >= 11 is 1.06. The van der Waals surface area contributed by atoms with Crippen molar-refractivity contribution in [2.75, 3.05) is 12.4 Å². The number of nitrogens with zero attached hydrogens (tertiary/aromatic N) is 4. The van der Waals surface area contributed by atoms with E-state index >= 15 is 0 Å². The quantitative estimate of drug-likeness (QED) is 0.378. The Balaban J connectivity index is 2.41. The van der Waals surface area contributed by atoms with E-state index in [4.69, 9.17) is 10.6 Å². The van der Waals surface area contributed by atoms with Crippen LogP contribution in [0.1, 0.15) is 17.3 Å². The number of rotatable bonds is 5. The van der Waals surface area contributed by atoms with E-state index in [0.717, 1.165) is 17.8 Å². The summed E-state index contributed by atoms with van der Waals surface area (Å²) in [5.41, 5.74) is -0.115. The zero-order valence-electron chi connectivity index (χ0n) is 10.9. The number of carbonyl (C=O) groups excluding carboxylic acids is 1. The number of hydrogen-bond donors (Lipinski definition) is 1. The minimum Gasteiger partial charge on any atom is -0.462 e. The molecule has 0 amide bonds. The molecule has 1 heterocycles. The molecule has 0 spiro atoms. The standard InChI is InChI=1S/C11H11N5O4S/c1-2-20-10(17)8-5-7(16(18)19)3-4-9(8)21-11-14-13-6-15(11)12/h3-6H,2,12H2,1H3. The van der Waals surface area contributed by atoms with Crippen LogP contribution in [0.5, 0.6) is 0 Å². The number of nitro groups is 1. The number of aromatic nitrogens is 3. The van der Waals surface area contributed by atoms with Crippen LogP contribution in [0.2, 0.25) is 0 Å². The van der Waals surface area contributed by atoms with E-state index in [2.05, 4.69) is 10.2 Å². The van der Waals surface area contributed by atoms with Gasteiger partial charge in [0.2, 0.25) is 5.16 Å². The highest BCUT2D eigenvalue weighted by Crippen LogP contribution is 2.31. The van der Waals surface area contributed by atoms with Gasteiger partial charge in [-0.05, 0) is 24.8 Å². The average molecular weight is 309 g/mol. The highest BCUT2D eigenvalue weighted by atomic mass is 32.2. The predicted octanol–water partition coefficient (Wildman–Crippen LogP) is 1.23. The van der Waals surface area contributed by atoms with Crippen molar-refractivity contribution in [3.8, 4) is 0 Å². The number of ether oxygens (including phenoxy) is 1. The van der Waals surface area contributed by atoms with Crippen molar-refractivity contribution in [2.45, 2.75) is 17.0 Å². The predicted molar refractivity (Wildman–Crippen MR) is 73.3 cm³/mol. The molecule has 110 valence electrons. The molecule has 0 fully saturated rings. The van der Waals surface area contributed by atoms with Gasteiger partial charge in [0.15, 0.2) is 0 Å². The van der Waals surface area contributed by atoms with Crippen molar-refractivity contribution in [2.24, 2.45) is 0 Å². The third kappa shape index (κ3) is 3.28. The SMILES string of the molecule is CCOC(=O)c1cc([N+](=O)[O-])ccc1Sc1nncn1N. The van der Waals surface area contributed by atoms with Gasteiger partial charge in [-0.1, -0.05) is 0 Å². The first-order valence-electron chi connectivity index (χ1n) is 5.81. The van der Waals surface area contributed by atoms with Crippen LogP contribution in [0, 0.1) is 10.1 Å². The monoisotopic (exact) mass is 309 g/mol. The van der Waals surface area contributed by atoms with Gasteiger partial charge in [-0.2, -0.15) is 0 Å². The maximum atomic E-state index is 11.9. The van der Waals surface area contributed by atoms with Crippen LogP contribution in [0.4, 0.5) is 5.69 Å². The summed E-state index contributed by atoms with van der Waals surface area (Å²) < 4.78 is 6.09. The van der Waals surface area contributed by atoms with Gasteiger partial charge in [0.05, 0.1) is 17.1 Å². The summed E-state index contributed by atoms with van der Waals surface area (Å²) in [6.45, 7) is 1.82. The van der Waals surface area contributed by atoms with Gasteiger partial charge >= 0.3 is 5.97 Å². The number of carbonyl (C=O) groups is 1. The molecule has 0 aliphatic carbocycles. The maximum Gasteiger partial charge on any atom is 0.339 e. The van der Waals surface area contributed by atoms with E-state index in [9.17, 15) is 14.9 Å². The second-order valence-electron chi connectivity index (χ2n) is 3.78. The highest BCUT2D eigenvalue weighted by Gasteiger charge is 2.19. The van der Waals surface area contributed by atoms with E-state index in [-0.39, 0.29) is 17.9 Å². The number of nitrogens with two attached hydrogens (primary N) is 1. The van der Waals surface area contributed by atoms with E-state index in [1.165, 1.54) is 23.1 Å². The molecule has 0 aliphatic rings. The number of nitro benzene ring substituents is 1. The number of non-ortho nitro benzene ring substituents is 1. The fourth-order valence-corrected chi connectivity index (χ4v) is 2.32. The first kappa shape index (κ1) is 14.8. The van der Waals surface area contributed by atoms with Gasteiger partial charge in [-0.3, -0.25) is 10.1 Å². The third-order valence-corrected chi connectivity index (χ3v) is 3.46. The lowest BCUT2D eigenvalue weighted by Gasteiger charge is -2.07. The third-order valence-electron chi connectivity index (χ3n) is 2.41. The van der Waals surface area contributed by atoms with Gasteiger partial charge < -0.3 is 10.6 Å². The molecule has 1 aromatic carbocycles. The Morgan fingerprint density at radius 2 is 2.33 bits per heavy atom. The lowest BCUT2D eigenvalue weighted by Crippen LogP contribution is -2.09. The molecule has 1 aromatic heterocycles. The van der Waals surface area contributed by atoms with Crippen LogP contribution in [-0.4, -0.2) is 32.4 Å². The van der Waals surface area contributed by atoms with Gasteiger partial charge in [-0.25, -0.2) is 9.47 Å². The Kier molecular flexibility index (Phi) is 4.38. The molecule has 0 atom stereocenters. The molecule has 2 N–H and O–H groups in total. The molecule has 0 radical (unpaired) electrons. The first-order chi connectivity index (χ1) is 10.0. The van der Waals surface area contributed by atoms with Crippen molar-refractivity contribution in [3.63, 3.8) is 0 Å². The Morgan fingerprint density at radius 3 is 2.90 bits per heavy atom. The molecule has 0 aliphatic heterocycles. The lowest BCUT2D eigenvalue weighted by molar-refractivity contribution is -0.384. The zero-order valence-corrected chi connectivity index (χ0v) is 11.7. The Labute approximate surface area is 123 Å². The summed E-state index contributed by atoms with van der Waals surface area (Å²) in [6, 6.07) is 3.91. The summed E-state index contributed by atoms with van der Waals surface area (Å²) in [5, 5.41) is 18.6. The van der Waals surface area contributed by atoms with Crippen LogP contribution in [0.15, 0.2) is 34.6 Å². The fourth-order valence-electron chi connectivity index (χ4n) is 1.49. The smallest absolute Gasteiger partial charge is 0.339 e. The molecule has 0 bridgehead atoms. The van der Waals surface area contributed by atoms with Gasteiger partial charge in [0.1, 0.15) is 6.33 Å². The summed E-state index contributed by atoms with van der Waals surface area (Å²) in [5.74, 6) is 4.95. The minimum atomic E-state index is -0.646. The normalized spacial score (nSPS) is 10.3. The Bertz CT molecular complexity index is 687. The molecular weight excluding hydrogens is 298 g/mol. The molecule has 9 nitrogen and oxygen atoms in total. The van der Waals surface area contributed by atoms with Crippen LogP contribution in [0.25, 0.3) is 0 Å². The van der Waals surface area contributed by atoms with Gasteiger partial charge in [0.25, 0.3) is 5.69 Å². The maximum absolute atomic E-state index is 11.9. The summed E-state index contributed by atoms with van der Waals surface area (Å²) in [4.78, 5) is 22.6. The molecule has 10 heteroatoms. The topological polar surface area (TPSA) is 126 Å². The van der Waals surface area contributed by atoms with Crippen molar-refractivity contribution < 1.29 is 14.5 Å². The van der Waals surface area contributed by atoms with E-state index in [1.807, 2.05) is 0 Å². The number of hydrogen-bond acceptors (Lipinski definition) is 8.